The number of rotatable bonds is 7. The van der Waals surface area contributed by atoms with Crippen molar-refractivity contribution in [2.24, 2.45) is 0 Å². The number of benzene rings is 3. The molecule has 9 nitrogen and oxygen atoms in total. The zero-order valence-electron chi connectivity index (χ0n) is 16.6. The molecule has 0 aliphatic carbocycles. The van der Waals surface area contributed by atoms with Gasteiger partial charge in [-0.25, -0.2) is 0 Å². The molecule has 0 atom stereocenters. The molecule has 0 spiro atoms. The summed E-state index contributed by atoms with van der Waals surface area (Å²) in [5.41, 5.74) is 0.556. The Morgan fingerprint density at radius 2 is 1.56 bits per heavy atom. The largest absolute Gasteiger partial charge is 0.484 e. The molecule has 0 fully saturated rings. The fourth-order valence-corrected chi connectivity index (χ4v) is 2.91. The van der Waals surface area contributed by atoms with Crippen LogP contribution in [0.4, 0.5) is 17.1 Å². The number of anilines is 2. The van der Waals surface area contributed by atoms with E-state index in [1.54, 1.807) is 48.5 Å². The molecule has 0 unspecified atom stereocenters. The zero-order chi connectivity index (χ0) is 22.9. The number of carbonyl (C=O) groups is 2. The van der Waals surface area contributed by atoms with Crippen molar-refractivity contribution < 1.29 is 19.2 Å². The molecule has 2 amide bonds. The maximum Gasteiger partial charge on any atom is 0.282 e. The first kappa shape index (κ1) is 22.4. The van der Waals surface area contributed by atoms with Crippen LogP contribution in [0.5, 0.6) is 5.75 Å². The fourth-order valence-electron chi connectivity index (χ4n) is 2.70. The van der Waals surface area contributed by atoms with Crippen LogP contribution >= 0.6 is 12.2 Å². The summed E-state index contributed by atoms with van der Waals surface area (Å²) in [5, 5.41) is 19.0. The first-order chi connectivity index (χ1) is 15.4. The quantitative estimate of drug-likeness (QED) is 0.285. The van der Waals surface area contributed by atoms with Gasteiger partial charge in [-0.1, -0.05) is 36.4 Å². The van der Waals surface area contributed by atoms with E-state index in [0.717, 1.165) is 0 Å². The fraction of sp³-hybridized carbons (Fsp3) is 0.0455. The van der Waals surface area contributed by atoms with Crippen molar-refractivity contribution in [3.63, 3.8) is 0 Å². The lowest BCUT2D eigenvalue weighted by atomic mass is 10.1. The Bertz CT molecular complexity index is 1150. The van der Waals surface area contributed by atoms with E-state index < -0.39 is 10.8 Å². The zero-order valence-corrected chi connectivity index (χ0v) is 17.4. The predicted octanol–water partition coefficient (Wildman–Crippen LogP) is 3.74. The minimum atomic E-state index is -0.711. The SMILES string of the molecule is O=C(COc1ccccc1)Nc1cccc(NC(=S)NC(=O)c2ccccc2[N+](=O)[O-])c1. The third kappa shape index (κ3) is 6.34. The second-order valence-electron chi connectivity index (χ2n) is 6.41. The standard InChI is InChI=1S/C22H18N4O5S/c27-20(14-31-17-9-2-1-3-10-17)23-15-7-6-8-16(13-15)24-22(32)25-21(28)18-11-4-5-12-19(18)26(29)30/h1-13H,14H2,(H,23,27)(H2,24,25,28,32). The summed E-state index contributed by atoms with van der Waals surface area (Å²) >= 11 is 5.13. The van der Waals surface area contributed by atoms with Crippen LogP contribution in [-0.4, -0.2) is 28.5 Å². The van der Waals surface area contributed by atoms with Gasteiger partial charge in [0.25, 0.3) is 17.5 Å². The monoisotopic (exact) mass is 450 g/mol. The minimum absolute atomic E-state index is 0.0518. The van der Waals surface area contributed by atoms with Crippen molar-refractivity contribution in [3.05, 3.63) is 94.5 Å². The van der Waals surface area contributed by atoms with Gasteiger partial charge in [0.15, 0.2) is 11.7 Å². The summed E-state index contributed by atoms with van der Waals surface area (Å²) < 4.78 is 5.40. The van der Waals surface area contributed by atoms with Gasteiger partial charge in [0.2, 0.25) is 0 Å². The topological polar surface area (TPSA) is 123 Å². The van der Waals surface area contributed by atoms with Gasteiger partial charge in [-0.05, 0) is 48.6 Å². The van der Waals surface area contributed by atoms with Gasteiger partial charge < -0.3 is 15.4 Å². The second kappa shape index (κ2) is 10.6. The van der Waals surface area contributed by atoms with Crippen LogP contribution in [0.1, 0.15) is 10.4 Å². The van der Waals surface area contributed by atoms with Crippen molar-refractivity contribution in [2.45, 2.75) is 0 Å². The Labute approximate surface area is 188 Å². The molecule has 10 heteroatoms. The van der Waals surface area contributed by atoms with Gasteiger partial charge in [-0.2, -0.15) is 0 Å². The molecule has 162 valence electrons. The summed E-state index contributed by atoms with van der Waals surface area (Å²) in [4.78, 5) is 34.9. The highest BCUT2D eigenvalue weighted by molar-refractivity contribution is 7.80. The number of ether oxygens (including phenoxy) is 1. The van der Waals surface area contributed by atoms with E-state index in [0.29, 0.717) is 17.1 Å². The molecule has 0 aliphatic rings. The molecule has 0 saturated heterocycles. The van der Waals surface area contributed by atoms with Crippen LogP contribution in [0.25, 0.3) is 0 Å². The molecule has 0 aromatic heterocycles. The molecule has 0 bridgehead atoms. The van der Waals surface area contributed by atoms with E-state index in [1.165, 1.54) is 24.3 Å². The molecule has 0 radical (unpaired) electrons. The Hall–Kier alpha value is -4.31. The lowest BCUT2D eigenvalue weighted by Crippen LogP contribution is -2.34. The summed E-state index contributed by atoms with van der Waals surface area (Å²) in [7, 11) is 0. The van der Waals surface area contributed by atoms with Crippen LogP contribution in [0.3, 0.4) is 0 Å². The van der Waals surface area contributed by atoms with Gasteiger partial charge in [0, 0.05) is 17.4 Å². The number of hydrogen-bond acceptors (Lipinski definition) is 6. The molecule has 3 rings (SSSR count). The van der Waals surface area contributed by atoms with Crippen LogP contribution in [0, 0.1) is 10.1 Å². The first-order valence-corrected chi connectivity index (χ1v) is 9.77. The third-order valence-corrected chi connectivity index (χ3v) is 4.29. The van der Waals surface area contributed by atoms with Crippen molar-refractivity contribution in [2.75, 3.05) is 17.2 Å². The molecule has 3 N–H and O–H groups in total. The number of nitrogens with one attached hydrogen (secondary N) is 3. The van der Waals surface area contributed by atoms with Crippen LogP contribution in [0.15, 0.2) is 78.9 Å². The summed E-state index contributed by atoms with van der Waals surface area (Å²) in [6, 6.07) is 21.2. The van der Waals surface area contributed by atoms with Crippen LogP contribution in [-0.2, 0) is 4.79 Å². The molecule has 0 aliphatic heterocycles. The number of carbonyl (C=O) groups excluding carboxylic acids is 2. The summed E-state index contributed by atoms with van der Waals surface area (Å²) in [6.45, 7) is -0.161. The van der Waals surface area contributed by atoms with Gasteiger partial charge in [0.05, 0.1) is 4.92 Å². The smallest absolute Gasteiger partial charge is 0.282 e. The van der Waals surface area contributed by atoms with E-state index in [9.17, 15) is 19.7 Å². The predicted molar refractivity (Wildman–Crippen MR) is 124 cm³/mol. The maximum atomic E-state index is 12.4. The highest BCUT2D eigenvalue weighted by Gasteiger charge is 2.19. The second-order valence-corrected chi connectivity index (χ2v) is 6.82. The Kier molecular flexibility index (Phi) is 7.44. The number of para-hydroxylation sites is 2. The molecular formula is C22H18N4O5S. The van der Waals surface area contributed by atoms with E-state index in [-0.39, 0.29) is 28.9 Å². The van der Waals surface area contributed by atoms with E-state index in [1.807, 2.05) is 6.07 Å². The van der Waals surface area contributed by atoms with E-state index >= 15 is 0 Å². The summed E-state index contributed by atoms with van der Waals surface area (Å²) in [5.74, 6) is -0.478. The molecule has 0 saturated carbocycles. The molecule has 32 heavy (non-hydrogen) atoms. The Balaban J connectivity index is 1.56. The van der Waals surface area contributed by atoms with Crippen molar-refractivity contribution >= 4 is 46.2 Å². The third-order valence-electron chi connectivity index (χ3n) is 4.09. The average molecular weight is 450 g/mol. The number of nitrogens with zero attached hydrogens (tertiary/aromatic N) is 1. The lowest BCUT2D eigenvalue weighted by molar-refractivity contribution is -0.385. The van der Waals surface area contributed by atoms with Crippen molar-refractivity contribution in [3.8, 4) is 5.75 Å². The first-order valence-electron chi connectivity index (χ1n) is 9.36. The normalized spacial score (nSPS) is 10.0. The van der Waals surface area contributed by atoms with Gasteiger partial charge in [0.1, 0.15) is 11.3 Å². The maximum absolute atomic E-state index is 12.4. The highest BCUT2D eigenvalue weighted by atomic mass is 32.1. The van der Waals surface area contributed by atoms with Crippen LogP contribution < -0.4 is 20.7 Å². The average Bonchev–Trinajstić information content (AvgIpc) is 2.78. The number of hydrogen-bond donors (Lipinski definition) is 3. The van der Waals surface area contributed by atoms with Crippen LogP contribution in [0.2, 0.25) is 0 Å². The Morgan fingerprint density at radius 3 is 2.28 bits per heavy atom. The van der Waals surface area contributed by atoms with E-state index in [2.05, 4.69) is 16.0 Å². The Morgan fingerprint density at radius 1 is 0.906 bits per heavy atom. The van der Waals surface area contributed by atoms with Gasteiger partial charge in [-0.15, -0.1) is 0 Å². The van der Waals surface area contributed by atoms with Gasteiger partial charge in [-0.3, -0.25) is 25.0 Å². The summed E-state index contributed by atoms with van der Waals surface area (Å²) in [6.07, 6.45) is 0. The number of amides is 2. The molecule has 3 aromatic carbocycles. The number of nitro groups is 1. The minimum Gasteiger partial charge on any atom is -0.484 e. The number of thiocarbonyl (C=S) groups is 1. The van der Waals surface area contributed by atoms with Crippen molar-refractivity contribution in [1.82, 2.24) is 5.32 Å². The molecule has 0 heterocycles. The molecule has 3 aromatic rings. The van der Waals surface area contributed by atoms with Gasteiger partial charge >= 0.3 is 0 Å². The lowest BCUT2D eigenvalue weighted by Gasteiger charge is -2.12. The van der Waals surface area contributed by atoms with Crippen molar-refractivity contribution in [1.29, 1.82) is 0 Å². The highest BCUT2D eigenvalue weighted by Crippen LogP contribution is 2.18. The molecular weight excluding hydrogens is 432 g/mol. The van der Waals surface area contributed by atoms with E-state index in [4.69, 9.17) is 17.0 Å². The number of nitro benzene ring substituents is 1.